The number of nitrogens with two attached hydrogens (primary N) is 1. The minimum Gasteiger partial charge on any atom is -0.397 e. The molecule has 2 aliphatic rings. The number of anilines is 2. The molecular weight excluding hydrogens is 241 g/mol. The number of likely N-dealkylation sites (tertiary alicyclic amines) is 1. The molecule has 2 atom stereocenters. The zero-order valence-corrected chi connectivity index (χ0v) is 11.0. The van der Waals surface area contributed by atoms with Crippen molar-refractivity contribution in [3.05, 3.63) is 36.4 Å². The van der Waals surface area contributed by atoms with Gasteiger partial charge in [-0.15, -0.1) is 0 Å². The molecule has 1 aromatic rings. The Hall–Kier alpha value is -1.71. The lowest BCUT2D eigenvalue weighted by atomic mass is 10.0. The van der Waals surface area contributed by atoms with Crippen molar-refractivity contribution < 1.29 is 4.39 Å². The van der Waals surface area contributed by atoms with Gasteiger partial charge in [-0.2, -0.15) is 0 Å². The Morgan fingerprint density at radius 1 is 1.32 bits per heavy atom. The summed E-state index contributed by atoms with van der Waals surface area (Å²) in [6, 6.07) is 4.39. The number of nitrogen functional groups attached to an aromatic ring is 1. The van der Waals surface area contributed by atoms with Gasteiger partial charge in [0, 0.05) is 13.1 Å². The van der Waals surface area contributed by atoms with E-state index in [0.29, 0.717) is 5.69 Å². The summed E-state index contributed by atoms with van der Waals surface area (Å²) in [5, 5.41) is 3.21. The molecule has 1 aliphatic carbocycles. The molecule has 0 aromatic heterocycles. The SMILES string of the molecule is C=C(Nc1ccc(F)cc1N)N1CC2CCCC2C1. The Bertz CT molecular complexity index is 488. The van der Waals surface area contributed by atoms with Crippen molar-refractivity contribution in [2.45, 2.75) is 19.3 Å². The maximum Gasteiger partial charge on any atom is 0.125 e. The average molecular weight is 261 g/mol. The molecule has 1 saturated carbocycles. The summed E-state index contributed by atoms with van der Waals surface area (Å²) in [5.74, 6) is 2.20. The minimum absolute atomic E-state index is 0.315. The topological polar surface area (TPSA) is 41.3 Å². The summed E-state index contributed by atoms with van der Waals surface area (Å²) >= 11 is 0. The van der Waals surface area contributed by atoms with Gasteiger partial charge in [0.2, 0.25) is 0 Å². The van der Waals surface area contributed by atoms with E-state index in [1.807, 2.05) is 0 Å². The van der Waals surface area contributed by atoms with Crippen molar-refractivity contribution in [2.75, 3.05) is 24.1 Å². The van der Waals surface area contributed by atoms with Gasteiger partial charge in [0.05, 0.1) is 17.2 Å². The summed E-state index contributed by atoms with van der Waals surface area (Å²) in [6.45, 7) is 6.25. The van der Waals surface area contributed by atoms with Crippen LogP contribution in [0.1, 0.15) is 19.3 Å². The van der Waals surface area contributed by atoms with Crippen LogP contribution in [-0.4, -0.2) is 18.0 Å². The van der Waals surface area contributed by atoms with Gasteiger partial charge in [-0.25, -0.2) is 4.39 Å². The van der Waals surface area contributed by atoms with E-state index in [0.717, 1.165) is 36.4 Å². The summed E-state index contributed by atoms with van der Waals surface area (Å²) in [5.41, 5.74) is 6.94. The van der Waals surface area contributed by atoms with Crippen LogP contribution in [0.3, 0.4) is 0 Å². The fourth-order valence-corrected chi connectivity index (χ4v) is 3.34. The molecule has 3 rings (SSSR count). The Balaban J connectivity index is 1.65. The standard InChI is InChI=1S/C15H20FN3/c1-10(18-15-6-5-13(16)7-14(15)17)19-8-11-3-2-4-12(11)9-19/h5-7,11-12,18H,1-4,8-9,17H2. The van der Waals surface area contributed by atoms with Crippen molar-refractivity contribution in [3.8, 4) is 0 Å². The van der Waals surface area contributed by atoms with Crippen LogP contribution in [0.25, 0.3) is 0 Å². The van der Waals surface area contributed by atoms with Crippen LogP contribution in [0.2, 0.25) is 0 Å². The maximum absolute atomic E-state index is 13.0. The zero-order chi connectivity index (χ0) is 13.4. The second-order valence-corrected chi connectivity index (χ2v) is 5.66. The first kappa shape index (κ1) is 12.3. The molecule has 2 fully saturated rings. The summed E-state index contributed by atoms with van der Waals surface area (Å²) in [4.78, 5) is 2.29. The third-order valence-corrected chi connectivity index (χ3v) is 4.40. The monoisotopic (exact) mass is 261 g/mol. The van der Waals surface area contributed by atoms with Crippen LogP contribution in [-0.2, 0) is 0 Å². The Kier molecular flexibility index (Phi) is 3.09. The van der Waals surface area contributed by atoms with Crippen molar-refractivity contribution in [2.24, 2.45) is 11.8 Å². The van der Waals surface area contributed by atoms with Gasteiger partial charge in [-0.1, -0.05) is 13.0 Å². The lowest BCUT2D eigenvalue weighted by Crippen LogP contribution is -2.25. The van der Waals surface area contributed by atoms with Gasteiger partial charge in [0.1, 0.15) is 5.82 Å². The Morgan fingerprint density at radius 3 is 2.63 bits per heavy atom. The van der Waals surface area contributed by atoms with E-state index in [4.69, 9.17) is 5.73 Å². The van der Waals surface area contributed by atoms with Crippen molar-refractivity contribution >= 4 is 11.4 Å². The number of benzene rings is 1. The first-order valence-corrected chi connectivity index (χ1v) is 6.89. The molecule has 1 heterocycles. The Morgan fingerprint density at radius 2 is 2.00 bits per heavy atom. The first-order chi connectivity index (χ1) is 9.13. The normalized spacial score (nSPS) is 25.4. The molecule has 1 aliphatic heterocycles. The predicted octanol–water partition coefficient (Wildman–Crippen LogP) is 3.02. The van der Waals surface area contributed by atoms with E-state index in [1.54, 1.807) is 6.07 Å². The zero-order valence-electron chi connectivity index (χ0n) is 11.0. The third kappa shape index (κ3) is 2.39. The highest BCUT2D eigenvalue weighted by Crippen LogP contribution is 2.39. The lowest BCUT2D eigenvalue weighted by molar-refractivity contribution is 0.393. The average Bonchev–Trinajstić information content (AvgIpc) is 2.93. The predicted molar refractivity (Wildman–Crippen MR) is 76.0 cm³/mol. The second kappa shape index (κ2) is 4.76. The number of nitrogens with zero attached hydrogens (tertiary/aromatic N) is 1. The van der Waals surface area contributed by atoms with Gasteiger partial charge in [0.25, 0.3) is 0 Å². The van der Waals surface area contributed by atoms with Crippen LogP contribution in [0.15, 0.2) is 30.6 Å². The molecule has 3 nitrogen and oxygen atoms in total. The number of halogens is 1. The van der Waals surface area contributed by atoms with Crippen molar-refractivity contribution in [1.29, 1.82) is 0 Å². The van der Waals surface area contributed by atoms with E-state index in [1.165, 1.54) is 31.4 Å². The van der Waals surface area contributed by atoms with Gasteiger partial charge < -0.3 is 16.0 Å². The quantitative estimate of drug-likeness (QED) is 0.822. The molecular formula is C15H20FN3. The van der Waals surface area contributed by atoms with E-state index in [9.17, 15) is 4.39 Å². The van der Waals surface area contributed by atoms with Crippen LogP contribution >= 0.6 is 0 Å². The third-order valence-electron chi connectivity index (χ3n) is 4.40. The van der Waals surface area contributed by atoms with Crippen molar-refractivity contribution in [3.63, 3.8) is 0 Å². The molecule has 1 saturated heterocycles. The van der Waals surface area contributed by atoms with Crippen LogP contribution in [0.4, 0.5) is 15.8 Å². The van der Waals surface area contributed by atoms with E-state index in [-0.39, 0.29) is 5.82 Å². The van der Waals surface area contributed by atoms with Crippen LogP contribution in [0, 0.1) is 17.7 Å². The minimum atomic E-state index is -0.315. The number of rotatable bonds is 3. The summed E-state index contributed by atoms with van der Waals surface area (Å²) in [7, 11) is 0. The van der Waals surface area contributed by atoms with E-state index < -0.39 is 0 Å². The molecule has 0 amide bonds. The number of fused-ring (bicyclic) bond motifs is 1. The highest BCUT2D eigenvalue weighted by molar-refractivity contribution is 5.67. The van der Waals surface area contributed by atoms with Gasteiger partial charge in [-0.05, 0) is 42.9 Å². The highest BCUT2D eigenvalue weighted by Gasteiger charge is 2.36. The second-order valence-electron chi connectivity index (χ2n) is 5.66. The van der Waals surface area contributed by atoms with Crippen molar-refractivity contribution in [1.82, 2.24) is 4.90 Å². The van der Waals surface area contributed by atoms with E-state index >= 15 is 0 Å². The van der Waals surface area contributed by atoms with Crippen LogP contribution < -0.4 is 11.1 Å². The summed E-state index contributed by atoms with van der Waals surface area (Å²) in [6.07, 6.45) is 4.05. The summed E-state index contributed by atoms with van der Waals surface area (Å²) < 4.78 is 13.0. The molecule has 3 N–H and O–H groups in total. The van der Waals surface area contributed by atoms with Crippen LogP contribution in [0.5, 0.6) is 0 Å². The largest absolute Gasteiger partial charge is 0.397 e. The fraction of sp³-hybridized carbons (Fsp3) is 0.467. The first-order valence-electron chi connectivity index (χ1n) is 6.89. The molecule has 2 unspecified atom stereocenters. The number of hydrogen-bond acceptors (Lipinski definition) is 3. The Labute approximate surface area is 113 Å². The van der Waals surface area contributed by atoms with Gasteiger partial charge >= 0.3 is 0 Å². The number of hydrogen-bond donors (Lipinski definition) is 2. The molecule has 19 heavy (non-hydrogen) atoms. The molecule has 0 radical (unpaired) electrons. The number of nitrogens with one attached hydrogen (secondary N) is 1. The molecule has 0 spiro atoms. The molecule has 102 valence electrons. The van der Waals surface area contributed by atoms with E-state index in [2.05, 4.69) is 16.8 Å². The molecule has 0 bridgehead atoms. The lowest BCUT2D eigenvalue weighted by Gasteiger charge is -2.23. The van der Waals surface area contributed by atoms with Gasteiger partial charge in [0.15, 0.2) is 0 Å². The molecule has 1 aromatic carbocycles. The molecule has 4 heteroatoms. The fourth-order valence-electron chi connectivity index (χ4n) is 3.34. The van der Waals surface area contributed by atoms with Gasteiger partial charge in [-0.3, -0.25) is 0 Å². The maximum atomic E-state index is 13.0. The smallest absolute Gasteiger partial charge is 0.125 e. The highest BCUT2D eigenvalue weighted by atomic mass is 19.1.